The van der Waals surface area contributed by atoms with Crippen molar-refractivity contribution in [2.45, 2.75) is 13.0 Å². The Morgan fingerprint density at radius 1 is 1.20 bits per heavy atom. The molecule has 0 radical (unpaired) electrons. The number of hydrogen-bond acceptors (Lipinski definition) is 3. The molecule has 0 aliphatic carbocycles. The van der Waals surface area contributed by atoms with Crippen LogP contribution in [0.15, 0.2) is 36.4 Å². The fourth-order valence-electron chi connectivity index (χ4n) is 3.63. The minimum atomic E-state index is -0.0376. The molecule has 2 aliphatic rings. The first-order valence-electron chi connectivity index (χ1n) is 8.17. The molecule has 3 heterocycles. The van der Waals surface area contributed by atoms with Gasteiger partial charge >= 0.3 is 0 Å². The van der Waals surface area contributed by atoms with Gasteiger partial charge in [-0.1, -0.05) is 17.7 Å². The van der Waals surface area contributed by atoms with Crippen molar-refractivity contribution in [3.8, 4) is 11.5 Å². The standard InChI is InChI=1S/C19H15ClN2O3/c20-11-4-5-15-13(8-11)14-9-22(7-6-16(14)21-15)19(23)12-2-1-3-17-18(12)25-10-24-17/h1-5,8,21H,6-7,9-10H2. The molecule has 6 heteroatoms. The SMILES string of the molecule is O=C(c1cccc2c1OCO2)N1CCc2[nH]c3ccc(Cl)cc3c2C1. The van der Waals surface area contributed by atoms with E-state index in [0.717, 1.165) is 22.9 Å². The van der Waals surface area contributed by atoms with Crippen molar-refractivity contribution < 1.29 is 14.3 Å². The summed E-state index contributed by atoms with van der Waals surface area (Å²) in [6.07, 6.45) is 0.791. The average Bonchev–Trinajstić information content (AvgIpc) is 3.24. The number of ether oxygens (including phenoxy) is 2. The molecule has 0 atom stereocenters. The van der Waals surface area contributed by atoms with Gasteiger partial charge in [0.05, 0.1) is 5.56 Å². The van der Waals surface area contributed by atoms with E-state index in [4.69, 9.17) is 21.1 Å². The number of amides is 1. The van der Waals surface area contributed by atoms with Crippen LogP contribution in [0.5, 0.6) is 11.5 Å². The molecule has 0 unspecified atom stereocenters. The van der Waals surface area contributed by atoms with Crippen LogP contribution in [-0.2, 0) is 13.0 Å². The van der Waals surface area contributed by atoms with E-state index in [1.54, 1.807) is 6.07 Å². The molecule has 0 saturated heterocycles. The summed E-state index contributed by atoms with van der Waals surface area (Å²) in [5, 5.41) is 1.78. The average molecular weight is 355 g/mol. The lowest BCUT2D eigenvalue weighted by atomic mass is 10.0. The molecular formula is C19H15ClN2O3. The zero-order valence-corrected chi connectivity index (χ0v) is 14.1. The number of benzene rings is 2. The maximum atomic E-state index is 13.0. The van der Waals surface area contributed by atoms with Crippen molar-refractivity contribution >= 4 is 28.4 Å². The number of nitrogens with one attached hydrogen (secondary N) is 1. The maximum absolute atomic E-state index is 13.0. The number of carbonyl (C=O) groups excluding carboxylic acids is 1. The predicted molar refractivity (Wildman–Crippen MR) is 94.3 cm³/mol. The van der Waals surface area contributed by atoms with Gasteiger partial charge in [-0.2, -0.15) is 0 Å². The molecule has 2 aliphatic heterocycles. The summed E-state index contributed by atoms with van der Waals surface area (Å²) in [5.74, 6) is 1.13. The number of carbonyl (C=O) groups is 1. The van der Waals surface area contributed by atoms with Gasteiger partial charge in [0, 0.05) is 46.7 Å². The number of para-hydroxylation sites is 1. The summed E-state index contributed by atoms with van der Waals surface area (Å²) < 4.78 is 10.9. The number of H-pyrrole nitrogens is 1. The minimum absolute atomic E-state index is 0.0376. The van der Waals surface area contributed by atoms with Gasteiger partial charge in [0.15, 0.2) is 11.5 Å². The topological polar surface area (TPSA) is 54.6 Å². The molecule has 126 valence electrons. The first-order valence-corrected chi connectivity index (χ1v) is 8.55. The molecule has 0 saturated carbocycles. The van der Waals surface area contributed by atoms with Crippen LogP contribution in [0, 0.1) is 0 Å². The molecule has 0 spiro atoms. The monoisotopic (exact) mass is 354 g/mol. The molecule has 5 rings (SSSR count). The Balaban J connectivity index is 1.51. The van der Waals surface area contributed by atoms with Gasteiger partial charge in [0.2, 0.25) is 6.79 Å². The third kappa shape index (κ3) is 2.27. The van der Waals surface area contributed by atoms with Gasteiger partial charge in [-0.25, -0.2) is 0 Å². The second kappa shape index (κ2) is 5.43. The van der Waals surface area contributed by atoms with E-state index in [-0.39, 0.29) is 12.7 Å². The zero-order chi connectivity index (χ0) is 17.0. The number of aromatic amines is 1. The Bertz CT molecular complexity index is 1010. The van der Waals surface area contributed by atoms with E-state index in [1.165, 1.54) is 5.69 Å². The molecule has 25 heavy (non-hydrogen) atoms. The fraction of sp³-hybridized carbons (Fsp3) is 0.211. The van der Waals surface area contributed by atoms with E-state index in [2.05, 4.69) is 4.98 Å². The second-order valence-corrected chi connectivity index (χ2v) is 6.72. The van der Waals surface area contributed by atoms with E-state index >= 15 is 0 Å². The molecule has 1 N–H and O–H groups in total. The van der Waals surface area contributed by atoms with E-state index < -0.39 is 0 Å². The van der Waals surface area contributed by atoms with Crippen LogP contribution in [0.4, 0.5) is 0 Å². The van der Waals surface area contributed by atoms with E-state index in [9.17, 15) is 4.79 Å². The molecule has 1 aromatic heterocycles. The lowest BCUT2D eigenvalue weighted by Gasteiger charge is -2.27. The third-order valence-electron chi connectivity index (χ3n) is 4.85. The predicted octanol–water partition coefficient (Wildman–Crippen LogP) is 3.75. The Morgan fingerprint density at radius 3 is 3.04 bits per heavy atom. The van der Waals surface area contributed by atoms with Crippen molar-refractivity contribution in [3.63, 3.8) is 0 Å². The highest BCUT2D eigenvalue weighted by molar-refractivity contribution is 6.31. The number of hydrogen-bond donors (Lipinski definition) is 1. The first kappa shape index (κ1) is 14.7. The fourth-order valence-corrected chi connectivity index (χ4v) is 3.80. The van der Waals surface area contributed by atoms with Crippen molar-refractivity contribution in [3.05, 3.63) is 58.2 Å². The molecule has 5 nitrogen and oxygen atoms in total. The van der Waals surface area contributed by atoms with Gasteiger partial charge in [-0.15, -0.1) is 0 Å². The number of rotatable bonds is 1. The summed E-state index contributed by atoms with van der Waals surface area (Å²) in [6.45, 7) is 1.38. The van der Waals surface area contributed by atoms with Crippen LogP contribution in [0.2, 0.25) is 5.02 Å². The molecule has 0 bridgehead atoms. The summed E-state index contributed by atoms with van der Waals surface area (Å²) in [6, 6.07) is 11.2. The Kier molecular flexibility index (Phi) is 3.18. The summed E-state index contributed by atoms with van der Waals surface area (Å²) in [7, 11) is 0. The van der Waals surface area contributed by atoms with Crippen LogP contribution < -0.4 is 9.47 Å². The van der Waals surface area contributed by atoms with Gasteiger partial charge < -0.3 is 19.4 Å². The smallest absolute Gasteiger partial charge is 0.258 e. The maximum Gasteiger partial charge on any atom is 0.258 e. The highest BCUT2D eigenvalue weighted by Crippen LogP contribution is 2.37. The van der Waals surface area contributed by atoms with Crippen molar-refractivity contribution in [1.82, 2.24) is 9.88 Å². The molecule has 1 amide bonds. The minimum Gasteiger partial charge on any atom is -0.454 e. The van der Waals surface area contributed by atoms with Crippen LogP contribution in [-0.4, -0.2) is 29.1 Å². The summed E-state index contributed by atoms with van der Waals surface area (Å²) in [5.41, 5.74) is 3.93. The van der Waals surface area contributed by atoms with Gasteiger partial charge in [-0.3, -0.25) is 4.79 Å². The van der Waals surface area contributed by atoms with Crippen molar-refractivity contribution in [2.75, 3.05) is 13.3 Å². The number of aromatic nitrogens is 1. The Hall–Kier alpha value is -2.66. The molecule has 2 aromatic carbocycles. The summed E-state index contributed by atoms with van der Waals surface area (Å²) in [4.78, 5) is 18.3. The van der Waals surface area contributed by atoms with E-state index in [0.29, 0.717) is 35.2 Å². The second-order valence-electron chi connectivity index (χ2n) is 6.29. The van der Waals surface area contributed by atoms with Gasteiger partial charge in [0.1, 0.15) is 0 Å². The van der Waals surface area contributed by atoms with Crippen LogP contribution >= 0.6 is 11.6 Å². The third-order valence-corrected chi connectivity index (χ3v) is 5.09. The van der Waals surface area contributed by atoms with Crippen LogP contribution in [0.25, 0.3) is 10.9 Å². The number of nitrogens with zero attached hydrogens (tertiary/aromatic N) is 1. The Labute approximate surface area is 149 Å². The van der Waals surface area contributed by atoms with Gasteiger partial charge in [-0.05, 0) is 30.3 Å². The molecule has 3 aromatic rings. The normalized spacial score (nSPS) is 15.5. The molecular weight excluding hydrogens is 340 g/mol. The van der Waals surface area contributed by atoms with Crippen LogP contribution in [0.1, 0.15) is 21.6 Å². The van der Waals surface area contributed by atoms with Gasteiger partial charge in [0.25, 0.3) is 5.91 Å². The number of fused-ring (bicyclic) bond motifs is 4. The Morgan fingerprint density at radius 2 is 2.12 bits per heavy atom. The van der Waals surface area contributed by atoms with Crippen molar-refractivity contribution in [2.24, 2.45) is 0 Å². The largest absolute Gasteiger partial charge is 0.454 e. The van der Waals surface area contributed by atoms with Crippen molar-refractivity contribution in [1.29, 1.82) is 0 Å². The highest BCUT2D eigenvalue weighted by atomic mass is 35.5. The zero-order valence-electron chi connectivity index (χ0n) is 13.3. The van der Waals surface area contributed by atoms with E-state index in [1.807, 2.05) is 35.2 Å². The highest BCUT2D eigenvalue weighted by Gasteiger charge is 2.29. The summed E-state index contributed by atoms with van der Waals surface area (Å²) >= 11 is 6.15. The quantitative estimate of drug-likeness (QED) is 0.724. The lowest BCUT2D eigenvalue weighted by molar-refractivity contribution is 0.0730. The molecule has 0 fully saturated rings. The first-order chi connectivity index (χ1) is 12.2. The van der Waals surface area contributed by atoms with Crippen LogP contribution in [0.3, 0.4) is 0 Å². The number of halogens is 1. The lowest BCUT2D eigenvalue weighted by Crippen LogP contribution is -2.35.